The van der Waals surface area contributed by atoms with E-state index in [2.05, 4.69) is 11.8 Å². The summed E-state index contributed by atoms with van der Waals surface area (Å²) in [6.45, 7) is 2.27. The predicted octanol–water partition coefficient (Wildman–Crippen LogP) is 3.75. The fourth-order valence-corrected chi connectivity index (χ4v) is 4.71. The molecule has 2 saturated carbocycles. The molecule has 3 fully saturated rings. The lowest BCUT2D eigenvalue weighted by Crippen LogP contribution is -2.42. The van der Waals surface area contributed by atoms with Gasteiger partial charge in [-0.3, -0.25) is 4.79 Å². The third-order valence-electron chi connectivity index (χ3n) is 5.57. The number of hydrogen-bond donors (Lipinski definition) is 0. The first kappa shape index (κ1) is 12.5. The van der Waals surface area contributed by atoms with Crippen LogP contribution in [0.1, 0.15) is 71.1 Å². The van der Waals surface area contributed by atoms with Gasteiger partial charge in [0.15, 0.2) is 0 Å². The molecule has 0 N–H and O–H groups in total. The molecule has 3 atom stereocenters. The Morgan fingerprint density at radius 3 is 2.50 bits per heavy atom. The van der Waals surface area contributed by atoms with Gasteiger partial charge in [0.25, 0.3) is 0 Å². The summed E-state index contributed by atoms with van der Waals surface area (Å²) in [5.41, 5.74) is 0. The smallest absolute Gasteiger partial charge is 0.223 e. The molecule has 0 bridgehead atoms. The quantitative estimate of drug-likeness (QED) is 0.730. The van der Waals surface area contributed by atoms with E-state index in [-0.39, 0.29) is 0 Å². The van der Waals surface area contributed by atoms with E-state index in [0.29, 0.717) is 23.9 Å². The van der Waals surface area contributed by atoms with Crippen LogP contribution >= 0.6 is 0 Å². The zero-order valence-electron chi connectivity index (χ0n) is 11.7. The van der Waals surface area contributed by atoms with Crippen LogP contribution in [0.15, 0.2) is 0 Å². The lowest BCUT2D eigenvalue weighted by molar-refractivity contribution is -0.135. The van der Waals surface area contributed by atoms with Crippen LogP contribution in [0.4, 0.5) is 0 Å². The predicted molar refractivity (Wildman–Crippen MR) is 73.2 cm³/mol. The molecule has 1 saturated heterocycles. The number of carbonyl (C=O) groups is 1. The largest absolute Gasteiger partial charge is 0.337 e. The molecule has 0 aromatic carbocycles. The van der Waals surface area contributed by atoms with Crippen molar-refractivity contribution in [2.24, 2.45) is 11.8 Å². The van der Waals surface area contributed by atoms with E-state index >= 15 is 0 Å². The molecule has 102 valence electrons. The van der Waals surface area contributed by atoms with Crippen molar-refractivity contribution >= 4 is 5.91 Å². The molecule has 3 unspecified atom stereocenters. The Kier molecular flexibility index (Phi) is 3.63. The molecule has 18 heavy (non-hydrogen) atoms. The Bertz CT molecular complexity index is 308. The van der Waals surface area contributed by atoms with Crippen molar-refractivity contribution in [1.29, 1.82) is 0 Å². The molecule has 0 spiro atoms. The summed E-state index contributed by atoms with van der Waals surface area (Å²) in [6, 6.07) is 1.11. The molecule has 2 nitrogen and oxygen atoms in total. The van der Waals surface area contributed by atoms with Gasteiger partial charge in [-0.1, -0.05) is 25.7 Å². The van der Waals surface area contributed by atoms with Crippen molar-refractivity contribution in [3.05, 3.63) is 0 Å². The highest BCUT2D eigenvalue weighted by molar-refractivity contribution is 5.77. The summed E-state index contributed by atoms with van der Waals surface area (Å²) in [6.07, 6.45) is 12.7. The van der Waals surface area contributed by atoms with Gasteiger partial charge in [-0.05, 0) is 50.9 Å². The Morgan fingerprint density at radius 2 is 1.72 bits per heavy atom. The SMILES string of the molecule is CC1CC2CCCCC2N1C(=O)CC1CCCC1. The minimum absolute atomic E-state index is 0.476. The molecule has 3 rings (SSSR count). The number of nitrogens with zero attached hydrogens (tertiary/aromatic N) is 1. The van der Waals surface area contributed by atoms with Crippen LogP contribution in [0.2, 0.25) is 0 Å². The Hall–Kier alpha value is -0.530. The maximum Gasteiger partial charge on any atom is 0.223 e. The molecule has 0 aromatic rings. The number of amides is 1. The lowest BCUT2D eigenvalue weighted by Gasteiger charge is -2.34. The van der Waals surface area contributed by atoms with Crippen LogP contribution in [0.3, 0.4) is 0 Å². The number of rotatable bonds is 2. The molecule has 3 aliphatic rings. The molecule has 2 aliphatic carbocycles. The van der Waals surface area contributed by atoms with Crippen molar-refractivity contribution in [2.45, 2.75) is 83.2 Å². The van der Waals surface area contributed by atoms with Crippen molar-refractivity contribution in [3.8, 4) is 0 Å². The molecule has 2 heteroatoms. The van der Waals surface area contributed by atoms with E-state index in [1.165, 1.54) is 57.8 Å². The molecule has 1 amide bonds. The fraction of sp³-hybridized carbons (Fsp3) is 0.938. The molecular weight excluding hydrogens is 222 g/mol. The highest BCUT2D eigenvalue weighted by Gasteiger charge is 2.42. The van der Waals surface area contributed by atoms with Gasteiger partial charge in [0.2, 0.25) is 5.91 Å². The Labute approximate surface area is 111 Å². The van der Waals surface area contributed by atoms with Gasteiger partial charge in [-0.25, -0.2) is 0 Å². The first-order chi connectivity index (χ1) is 8.75. The summed E-state index contributed by atoms with van der Waals surface area (Å²) in [5.74, 6) is 2.00. The fourth-order valence-electron chi connectivity index (χ4n) is 4.71. The van der Waals surface area contributed by atoms with Crippen molar-refractivity contribution in [3.63, 3.8) is 0 Å². The standard InChI is InChI=1S/C16H27NO/c1-12-10-14-8-4-5-9-15(14)17(12)16(18)11-13-6-2-3-7-13/h12-15H,2-11H2,1H3. The molecule has 1 aliphatic heterocycles. The van der Waals surface area contributed by atoms with Crippen LogP contribution in [-0.4, -0.2) is 22.9 Å². The molecule has 1 heterocycles. The minimum atomic E-state index is 0.476. The first-order valence-electron chi connectivity index (χ1n) is 8.07. The highest BCUT2D eigenvalue weighted by atomic mass is 16.2. The topological polar surface area (TPSA) is 20.3 Å². The van der Waals surface area contributed by atoms with Gasteiger partial charge < -0.3 is 4.90 Å². The van der Waals surface area contributed by atoms with Gasteiger partial charge in [0.1, 0.15) is 0 Å². The van der Waals surface area contributed by atoms with Crippen LogP contribution in [0, 0.1) is 11.8 Å². The second-order valence-corrected chi connectivity index (χ2v) is 6.85. The van der Waals surface area contributed by atoms with E-state index in [4.69, 9.17) is 0 Å². The van der Waals surface area contributed by atoms with E-state index in [1.807, 2.05) is 0 Å². The highest BCUT2D eigenvalue weighted by Crippen LogP contribution is 2.40. The van der Waals surface area contributed by atoms with E-state index in [9.17, 15) is 4.79 Å². The summed E-state index contributed by atoms with van der Waals surface area (Å²) in [5, 5.41) is 0. The second kappa shape index (κ2) is 5.22. The third-order valence-corrected chi connectivity index (χ3v) is 5.57. The van der Waals surface area contributed by atoms with Crippen molar-refractivity contribution in [1.82, 2.24) is 4.90 Å². The number of carbonyl (C=O) groups excluding carboxylic acids is 1. The van der Waals surface area contributed by atoms with Gasteiger partial charge in [-0.15, -0.1) is 0 Å². The second-order valence-electron chi connectivity index (χ2n) is 6.85. The van der Waals surface area contributed by atoms with Crippen molar-refractivity contribution < 1.29 is 4.79 Å². The summed E-state index contributed by atoms with van der Waals surface area (Å²) >= 11 is 0. The number of likely N-dealkylation sites (tertiary alicyclic amines) is 1. The zero-order chi connectivity index (χ0) is 12.5. The first-order valence-corrected chi connectivity index (χ1v) is 8.07. The lowest BCUT2D eigenvalue weighted by atomic mass is 9.84. The van der Waals surface area contributed by atoms with Crippen LogP contribution in [0.5, 0.6) is 0 Å². The molecular formula is C16H27NO. The zero-order valence-corrected chi connectivity index (χ0v) is 11.7. The maximum absolute atomic E-state index is 12.6. The maximum atomic E-state index is 12.6. The minimum Gasteiger partial charge on any atom is -0.337 e. The van der Waals surface area contributed by atoms with Gasteiger partial charge in [0, 0.05) is 18.5 Å². The Morgan fingerprint density at radius 1 is 1.06 bits per heavy atom. The van der Waals surface area contributed by atoms with Gasteiger partial charge in [0.05, 0.1) is 0 Å². The van der Waals surface area contributed by atoms with E-state index < -0.39 is 0 Å². The monoisotopic (exact) mass is 249 g/mol. The normalized spacial score (nSPS) is 36.9. The Balaban J connectivity index is 1.64. The summed E-state index contributed by atoms with van der Waals surface area (Å²) in [4.78, 5) is 14.9. The molecule has 0 radical (unpaired) electrons. The van der Waals surface area contributed by atoms with E-state index in [1.54, 1.807) is 0 Å². The number of hydrogen-bond acceptors (Lipinski definition) is 1. The summed E-state index contributed by atoms with van der Waals surface area (Å²) < 4.78 is 0. The van der Waals surface area contributed by atoms with Crippen LogP contribution in [0.25, 0.3) is 0 Å². The number of fused-ring (bicyclic) bond motifs is 1. The molecule has 0 aromatic heterocycles. The van der Waals surface area contributed by atoms with Crippen molar-refractivity contribution in [2.75, 3.05) is 0 Å². The van der Waals surface area contributed by atoms with Crippen LogP contribution < -0.4 is 0 Å². The third kappa shape index (κ3) is 2.31. The van der Waals surface area contributed by atoms with Gasteiger partial charge in [-0.2, -0.15) is 0 Å². The van der Waals surface area contributed by atoms with Crippen LogP contribution in [-0.2, 0) is 4.79 Å². The average Bonchev–Trinajstić information content (AvgIpc) is 2.94. The van der Waals surface area contributed by atoms with Gasteiger partial charge >= 0.3 is 0 Å². The summed E-state index contributed by atoms with van der Waals surface area (Å²) in [7, 11) is 0. The van der Waals surface area contributed by atoms with E-state index in [0.717, 1.165) is 12.3 Å². The average molecular weight is 249 g/mol.